The average Bonchev–Trinajstić information content (AvgIpc) is 3.21. The Morgan fingerprint density at radius 1 is 1.47 bits per heavy atom. The lowest BCUT2D eigenvalue weighted by Crippen LogP contribution is -2.46. The summed E-state index contributed by atoms with van der Waals surface area (Å²) in [5.41, 5.74) is 2.36. The molecule has 0 radical (unpaired) electrons. The number of hydrogen-bond donors (Lipinski definition) is 1. The molecule has 0 saturated heterocycles. The Balaban J connectivity index is 2.03. The SMILES string of the molecule is COC(=O)C(CN(C)c1ccccc1C)NC1CC1. The minimum absolute atomic E-state index is 0.188. The molecule has 1 aliphatic carbocycles. The predicted molar refractivity (Wildman–Crippen MR) is 76.4 cm³/mol. The highest BCUT2D eigenvalue weighted by molar-refractivity contribution is 5.76. The standard InChI is InChI=1S/C15H22N2O2/c1-11-6-4-5-7-14(11)17(2)10-13(15(18)19-3)16-12-8-9-12/h4-7,12-13,16H,8-10H2,1-3H3. The maximum Gasteiger partial charge on any atom is 0.324 e. The number of rotatable bonds is 6. The fourth-order valence-electron chi connectivity index (χ4n) is 2.24. The van der Waals surface area contributed by atoms with E-state index in [1.165, 1.54) is 12.7 Å². The van der Waals surface area contributed by atoms with E-state index in [1.807, 2.05) is 19.2 Å². The topological polar surface area (TPSA) is 41.6 Å². The maximum atomic E-state index is 11.8. The molecule has 1 aromatic rings. The lowest BCUT2D eigenvalue weighted by molar-refractivity contribution is -0.142. The van der Waals surface area contributed by atoms with Crippen LogP contribution in [0.15, 0.2) is 24.3 Å². The number of anilines is 1. The van der Waals surface area contributed by atoms with Crippen LogP contribution in [-0.2, 0) is 9.53 Å². The normalized spacial score (nSPS) is 15.9. The molecule has 19 heavy (non-hydrogen) atoms. The quantitative estimate of drug-likeness (QED) is 0.793. The molecule has 0 aromatic heterocycles. The Labute approximate surface area is 114 Å². The molecule has 0 aliphatic heterocycles. The average molecular weight is 262 g/mol. The molecule has 104 valence electrons. The third-order valence-electron chi connectivity index (χ3n) is 3.48. The van der Waals surface area contributed by atoms with Crippen molar-refractivity contribution in [2.24, 2.45) is 0 Å². The van der Waals surface area contributed by atoms with Gasteiger partial charge in [-0.3, -0.25) is 4.79 Å². The second-order valence-electron chi connectivity index (χ2n) is 5.18. The number of para-hydroxylation sites is 1. The van der Waals surface area contributed by atoms with Gasteiger partial charge in [-0.1, -0.05) is 18.2 Å². The Morgan fingerprint density at radius 2 is 2.16 bits per heavy atom. The Hall–Kier alpha value is -1.55. The zero-order valence-electron chi connectivity index (χ0n) is 11.8. The highest BCUT2D eigenvalue weighted by Gasteiger charge is 2.29. The van der Waals surface area contributed by atoms with Gasteiger partial charge >= 0.3 is 5.97 Å². The first-order chi connectivity index (χ1) is 9.11. The van der Waals surface area contributed by atoms with Gasteiger partial charge in [0.05, 0.1) is 7.11 Å². The van der Waals surface area contributed by atoms with Crippen molar-refractivity contribution in [1.82, 2.24) is 5.32 Å². The predicted octanol–water partition coefficient (Wildman–Crippen LogP) is 1.72. The number of benzene rings is 1. The van der Waals surface area contributed by atoms with Gasteiger partial charge < -0.3 is 15.0 Å². The zero-order chi connectivity index (χ0) is 13.8. The second-order valence-corrected chi connectivity index (χ2v) is 5.18. The zero-order valence-corrected chi connectivity index (χ0v) is 11.8. The molecule has 1 N–H and O–H groups in total. The highest BCUT2D eigenvalue weighted by atomic mass is 16.5. The summed E-state index contributed by atoms with van der Waals surface area (Å²) in [7, 11) is 3.45. The van der Waals surface area contributed by atoms with Crippen molar-refractivity contribution in [3.63, 3.8) is 0 Å². The lowest BCUT2D eigenvalue weighted by atomic mass is 10.1. The summed E-state index contributed by atoms with van der Waals surface area (Å²) in [6, 6.07) is 8.40. The lowest BCUT2D eigenvalue weighted by Gasteiger charge is -2.26. The number of likely N-dealkylation sites (N-methyl/N-ethyl adjacent to an activating group) is 1. The van der Waals surface area contributed by atoms with Crippen LogP contribution in [0.5, 0.6) is 0 Å². The van der Waals surface area contributed by atoms with E-state index in [0.717, 1.165) is 18.5 Å². The van der Waals surface area contributed by atoms with Crippen LogP contribution in [-0.4, -0.2) is 38.8 Å². The number of nitrogens with one attached hydrogen (secondary N) is 1. The van der Waals surface area contributed by atoms with E-state index in [2.05, 4.69) is 29.3 Å². The van der Waals surface area contributed by atoms with Crippen LogP contribution < -0.4 is 10.2 Å². The van der Waals surface area contributed by atoms with Crippen LogP contribution in [0.3, 0.4) is 0 Å². The number of aryl methyl sites for hydroxylation is 1. The molecule has 0 amide bonds. The molecule has 4 heteroatoms. The molecule has 1 aromatic carbocycles. The van der Waals surface area contributed by atoms with Gasteiger partial charge in [-0.2, -0.15) is 0 Å². The summed E-state index contributed by atoms with van der Waals surface area (Å²) in [6.07, 6.45) is 2.31. The van der Waals surface area contributed by atoms with Crippen molar-refractivity contribution in [2.75, 3.05) is 25.6 Å². The monoisotopic (exact) mass is 262 g/mol. The van der Waals surface area contributed by atoms with Gasteiger partial charge in [-0.05, 0) is 31.4 Å². The first-order valence-electron chi connectivity index (χ1n) is 6.72. The van der Waals surface area contributed by atoms with Crippen LogP contribution in [0.25, 0.3) is 0 Å². The molecular formula is C15H22N2O2. The van der Waals surface area contributed by atoms with Crippen molar-refractivity contribution >= 4 is 11.7 Å². The van der Waals surface area contributed by atoms with E-state index in [4.69, 9.17) is 4.74 Å². The Bertz CT molecular complexity index is 444. The molecule has 0 heterocycles. The molecule has 1 fully saturated rings. The summed E-state index contributed by atoms with van der Waals surface area (Å²) in [6.45, 7) is 2.70. The summed E-state index contributed by atoms with van der Waals surface area (Å²) < 4.78 is 4.88. The molecule has 4 nitrogen and oxygen atoms in total. The van der Waals surface area contributed by atoms with Crippen LogP contribution in [0, 0.1) is 6.92 Å². The van der Waals surface area contributed by atoms with Crippen LogP contribution in [0.4, 0.5) is 5.69 Å². The first-order valence-corrected chi connectivity index (χ1v) is 6.72. The Morgan fingerprint density at radius 3 is 2.74 bits per heavy atom. The van der Waals surface area contributed by atoms with Gasteiger partial charge in [-0.15, -0.1) is 0 Å². The number of carbonyl (C=O) groups is 1. The van der Waals surface area contributed by atoms with E-state index in [0.29, 0.717) is 12.6 Å². The summed E-state index contributed by atoms with van der Waals surface area (Å²) in [5.74, 6) is -0.188. The van der Waals surface area contributed by atoms with Gasteiger partial charge in [0.1, 0.15) is 6.04 Å². The van der Waals surface area contributed by atoms with Gasteiger partial charge in [0, 0.05) is 25.3 Å². The molecule has 1 unspecified atom stereocenters. The fraction of sp³-hybridized carbons (Fsp3) is 0.533. The van der Waals surface area contributed by atoms with Gasteiger partial charge in [0.25, 0.3) is 0 Å². The molecule has 1 aliphatic rings. The van der Waals surface area contributed by atoms with E-state index in [9.17, 15) is 4.79 Å². The van der Waals surface area contributed by atoms with Crippen molar-refractivity contribution in [1.29, 1.82) is 0 Å². The van der Waals surface area contributed by atoms with Crippen LogP contribution >= 0.6 is 0 Å². The molecule has 1 atom stereocenters. The Kier molecular flexibility index (Phi) is 4.43. The van der Waals surface area contributed by atoms with Gasteiger partial charge in [-0.25, -0.2) is 0 Å². The third-order valence-corrected chi connectivity index (χ3v) is 3.48. The van der Waals surface area contributed by atoms with E-state index < -0.39 is 0 Å². The largest absolute Gasteiger partial charge is 0.468 e. The first kappa shape index (κ1) is 13.9. The van der Waals surface area contributed by atoms with Crippen molar-refractivity contribution in [3.8, 4) is 0 Å². The summed E-state index contributed by atoms with van der Waals surface area (Å²) >= 11 is 0. The van der Waals surface area contributed by atoms with Crippen LogP contribution in [0.1, 0.15) is 18.4 Å². The molecule has 2 rings (SSSR count). The molecule has 0 bridgehead atoms. The van der Waals surface area contributed by atoms with Crippen molar-refractivity contribution < 1.29 is 9.53 Å². The van der Waals surface area contributed by atoms with E-state index in [-0.39, 0.29) is 12.0 Å². The maximum absolute atomic E-state index is 11.8. The minimum atomic E-state index is -0.262. The molecular weight excluding hydrogens is 240 g/mol. The number of hydrogen-bond acceptors (Lipinski definition) is 4. The van der Waals surface area contributed by atoms with Crippen molar-refractivity contribution in [3.05, 3.63) is 29.8 Å². The highest BCUT2D eigenvalue weighted by Crippen LogP contribution is 2.21. The summed E-state index contributed by atoms with van der Waals surface area (Å²) in [4.78, 5) is 13.9. The number of ether oxygens (including phenoxy) is 1. The fourth-order valence-corrected chi connectivity index (χ4v) is 2.24. The van der Waals surface area contributed by atoms with Gasteiger partial charge in [0.15, 0.2) is 0 Å². The number of carbonyl (C=O) groups excluding carboxylic acids is 1. The van der Waals surface area contributed by atoms with Crippen molar-refractivity contribution in [2.45, 2.75) is 31.8 Å². The number of methoxy groups -OCH3 is 1. The number of nitrogens with zero attached hydrogens (tertiary/aromatic N) is 1. The number of esters is 1. The molecule has 1 saturated carbocycles. The van der Waals surface area contributed by atoms with Gasteiger partial charge in [0.2, 0.25) is 0 Å². The third kappa shape index (κ3) is 3.70. The summed E-state index contributed by atoms with van der Waals surface area (Å²) in [5, 5.41) is 3.35. The van der Waals surface area contributed by atoms with E-state index in [1.54, 1.807) is 0 Å². The second kappa shape index (κ2) is 6.06. The van der Waals surface area contributed by atoms with Crippen LogP contribution in [0.2, 0.25) is 0 Å². The minimum Gasteiger partial charge on any atom is -0.468 e. The van der Waals surface area contributed by atoms with E-state index >= 15 is 0 Å². The smallest absolute Gasteiger partial charge is 0.324 e. The molecule has 0 spiro atoms.